The topological polar surface area (TPSA) is 85.3 Å². The third-order valence-electron chi connectivity index (χ3n) is 5.23. The highest BCUT2D eigenvalue weighted by molar-refractivity contribution is 5.77. The highest BCUT2D eigenvalue weighted by atomic mass is 16.5. The van der Waals surface area contributed by atoms with Crippen molar-refractivity contribution in [2.45, 2.75) is 58.5 Å². The van der Waals surface area contributed by atoms with E-state index in [1.807, 2.05) is 18.0 Å². The van der Waals surface area contributed by atoms with Gasteiger partial charge in [-0.15, -0.1) is 19.7 Å². The van der Waals surface area contributed by atoms with Gasteiger partial charge in [0.05, 0.1) is 32.5 Å². The molecule has 0 aromatic rings. The average Bonchev–Trinajstić information content (AvgIpc) is 3.39. The van der Waals surface area contributed by atoms with Crippen molar-refractivity contribution in [3.05, 3.63) is 49.6 Å². The number of likely N-dealkylation sites (N-methyl/N-ethyl adjacent to an activating group) is 1. The molecular formula is C28H53N3O4. The van der Waals surface area contributed by atoms with Crippen molar-refractivity contribution < 1.29 is 19.7 Å². The van der Waals surface area contributed by atoms with Crippen molar-refractivity contribution in [3.8, 4) is 0 Å². The number of ether oxygens (including phenoxy) is 1. The molecule has 1 amide bonds. The van der Waals surface area contributed by atoms with Crippen LogP contribution in [0.5, 0.6) is 0 Å². The normalized spacial score (nSPS) is 16.1. The Bertz CT molecular complexity index is 558. The molecule has 35 heavy (non-hydrogen) atoms. The van der Waals surface area contributed by atoms with E-state index in [9.17, 15) is 9.90 Å². The van der Waals surface area contributed by atoms with Gasteiger partial charge in [-0.1, -0.05) is 36.8 Å². The van der Waals surface area contributed by atoms with E-state index in [4.69, 9.17) is 9.84 Å². The van der Waals surface area contributed by atoms with Gasteiger partial charge in [-0.25, -0.2) is 0 Å². The molecule has 0 saturated carbocycles. The molecule has 1 fully saturated rings. The Hall–Kier alpha value is -1.77. The maximum atomic E-state index is 11.6. The molecule has 7 heteroatoms. The summed E-state index contributed by atoms with van der Waals surface area (Å²) in [6.45, 7) is 19.8. The molecule has 0 aromatic heterocycles. The first-order valence-corrected chi connectivity index (χ1v) is 12.9. The van der Waals surface area contributed by atoms with E-state index in [1.165, 1.54) is 25.7 Å². The van der Waals surface area contributed by atoms with Crippen LogP contribution in [0.4, 0.5) is 0 Å². The van der Waals surface area contributed by atoms with Crippen LogP contribution in [0.1, 0.15) is 52.4 Å². The molecule has 2 aliphatic rings. The first-order chi connectivity index (χ1) is 16.9. The summed E-state index contributed by atoms with van der Waals surface area (Å²) in [5, 5.41) is 20.3. The number of carbonyl (C=O) groups excluding carboxylic acids is 1. The van der Waals surface area contributed by atoms with E-state index in [2.05, 4.69) is 43.0 Å². The molecule has 0 aromatic carbocycles. The monoisotopic (exact) mass is 495 g/mol. The fourth-order valence-electron chi connectivity index (χ4n) is 3.50. The number of allylic oxidation sites excluding steroid dienone is 4. The summed E-state index contributed by atoms with van der Waals surface area (Å²) in [6.07, 6.45) is 14.5. The van der Waals surface area contributed by atoms with Crippen LogP contribution in [0.3, 0.4) is 0 Å². The number of aliphatic hydroxyl groups excluding tert-OH is 2. The number of nitrogens with zero attached hydrogens (tertiary/aromatic N) is 2. The van der Waals surface area contributed by atoms with Gasteiger partial charge in [-0.2, -0.15) is 0 Å². The van der Waals surface area contributed by atoms with Gasteiger partial charge in [0.25, 0.3) is 0 Å². The summed E-state index contributed by atoms with van der Waals surface area (Å²) in [6, 6.07) is 0. The lowest BCUT2D eigenvalue weighted by Crippen LogP contribution is -2.40. The maximum absolute atomic E-state index is 11.6. The van der Waals surface area contributed by atoms with E-state index in [1.54, 1.807) is 24.6 Å². The quantitative estimate of drug-likeness (QED) is 0.284. The van der Waals surface area contributed by atoms with Crippen LogP contribution in [-0.4, -0.2) is 98.2 Å². The second kappa shape index (κ2) is 26.8. The van der Waals surface area contributed by atoms with Gasteiger partial charge in [0.2, 0.25) is 5.91 Å². The Labute approximate surface area is 215 Å². The molecule has 7 nitrogen and oxygen atoms in total. The Kier molecular flexibility index (Phi) is 27.1. The van der Waals surface area contributed by atoms with Gasteiger partial charge >= 0.3 is 0 Å². The largest absolute Gasteiger partial charge is 0.392 e. The molecule has 1 atom stereocenters. The van der Waals surface area contributed by atoms with Crippen LogP contribution in [0.15, 0.2) is 49.6 Å². The fraction of sp³-hybridized carbons (Fsp3) is 0.679. The number of aliphatic hydroxyl groups is 2. The minimum Gasteiger partial charge on any atom is -0.392 e. The van der Waals surface area contributed by atoms with E-state index in [0.29, 0.717) is 19.6 Å². The summed E-state index contributed by atoms with van der Waals surface area (Å²) < 4.78 is 5.28. The summed E-state index contributed by atoms with van der Waals surface area (Å²) >= 11 is 0. The standard InChI is InChI=1S/C13H27N3O3.C7H12.C6H10O.C2H4/c1-12(17)10-15(2)11-13(18)14-4-3-5-16-6-8-19-9-7-16;1-2-7-5-3-4-6-7;1-2-3-4-5-6-7;1-2/h12,17H,3-11H2,1-2H3,(H,14,18);5H,2-4,6H2,1H3;2,4-5,7H,1,3,6H2;1-2H2. The van der Waals surface area contributed by atoms with Crippen molar-refractivity contribution in [3.63, 3.8) is 0 Å². The molecule has 0 bridgehead atoms. The molecule has 0 radical (unpaired) electrons. The third-order valence-corrected chi connectivity index (χ3v) is 5.23. The van der Waals surface area contributed by atoms with E-state index in [-0.39, 0.29) is 12.5 Å². The lowest BCUT2D eigenvalue weighted by atomic mass is 10.2. The van der Waals surface area contributed by atoms with E-state index < -0.39 is 6.10 Å². The molecule has 3 N–H and O–H groups in total. The number of carbonyl (C=O) groups is 1. The fourth-order valence-corrected chi connectivity index (χ4v) is 3.50. The second-order valence-corrected chi connectivity index (χ2v) is 8.49. The molecule has 1 heterocycles. The predicted octanol–water partition coefficient (Wildman–Crippen LogP) is 3.56. The van der Waals surface area contributed by atoms with E-state index >= 15 is 0 Å². The zero-order chi connectivity index (χ0) is 26.7. The number of nitrogens with one attached hydrogen (secondary N) is 1. The number of hydrogen-bond donors (Lipinski definition) is 3. The predicted molar refractivity (Wildman–Crippen MR) is 149 cm³/mol. The summed E-state index contributed by atoms with van der Waals surface area (Å²) in [4.78, 5) is 15.8. The van der Waals surface area contributed by atoms with Crippen LogP contribution >= 0.6 is 0 Å². The van der Waals surface area contributed by atoms with Gasteiger partial charge in [-0.3, -0.25) is 14.6 Å². The Morgan fingerprint density at radius 3 is 2.49 bits per heavy atom. The van der Waals surface area contributed by atoms with Gasteiger partial charge in [0.15, 0.2) is 0 Å². The molecule has 0 spiro atoms. The highest BCUT2D eigenvalue weighted by Crippen LogP contribution is 2.19. The average molecular weight is 496 g/mol. The van der Waals surface area contributed by atoms with Crippen molar-refractivity contribution >= 4 is 5.91 Å². The van der Waals surface area contributed by atoms with Crippen LogP contribution in [0, 0.1) is 0 Å². The van der Waals surface area contributed by atoms with Gasteiger partial charge < -0.3 is 20.3 Å². The SMILES string of the molecule is C=C.C=CCC=CCO.CC(O)CN(C)CC(=O)NCCCN1CCOCC1.CCC1=CCCC1. The molecule has 204 valence electrons. The van der Waals surface area contributed by atoms with Crippen LogP contribution in [-0.2, 0) is 9.53 Å². The van der Waals surface area contributed by atoms with E-state index in [0.717, 1.165) is 45.7 Å². The Morgan fingerprint density at radius 1 is 1.31 bits per heavy atom. The zero-order valence-corrected chi connectivity index (χ0v) is 22.7. The summed E-state index contributed by atoms with van der Waals surface area (Å²) in [7, 11) is 1.83. The first kappa shape index (κ1) is 35.4. The lowest BCUT2D eigenvalue weighted by Gasteiger charge is -2.26. The third kappa shape index (κ3) is 25.1. The van der Waals surface area contributed by atoms with Crippen molar-refractivity contribution in [2.75, 3.05) is 66.1 Å². The molecule has 1 unspecified atom stereocenters. The van der Waals surface area contributed by atoms with Crippen molar-refractivity contribution in [1.82, 2.24) is 15.1 Å². The minimum absolute atomic E-state index is 0.0186. The maximum Gasteiger partial charge on any atom is 0.234 e. The Morgan fingerprint density at radius 2 is 2.00 bits per heavy atom. The molecule has 2 rings (SSSR count). The number of rotatable bonds is 12. The molecule has 1 aliphatic carbocycles. The smallest absolute Gasteiger partial charge is 0.234 e. The molecule has 1 saturated heterocycles. The van der Waals surface area contributed by atoms with Gasteiger partial charge in [0, 0.05) is 26.2 Å². The number of amides is 1. The molecular weight excluding hydrogens is 442 g/mol. The lowest BCUT2D eigenvalue weighted by molar-refractivity contribution is -0.122. The Balaban J connectivity index is 0. The van der Waals surface area contributed by atoms with Gasteiger partial charge in [-0.05, 0) is 59.0 Å². The van der Waals surface area contributed by atoms with Crippen molar-refractivity contribution in [1.29, 1.82) is 0 Å². The van der Waals surface area contributed by atoms with Crippen LogP contribution in [0.25, 0.3) is 0 Å². The summed E-state index contributed by atoms with van der Waals surface area (Å²) in [5.41, 5.74) is 1.67. The molecule has 1 aliphatic heterocycles. The van der Waals surface area contributed by atoms with Crippen molar-refractivity contribution in [2.24, 2.45) is 0 Å². The van der Waals surface area contributed by atoms with Crippen LogP contribution in [0.2, 0.25) is 0 Å². The number of morpholine rings is 1. The zero-order valence-electron chi connectivity index (χ0n) is 22.7. The highest BCUT2D eigenvalue weighted by Gasteiger charge is 2.10. The van der Waals surface area contributed by atoms with Crippen LogP contribution < -0.4 is 5.32 Å². The summed E-state index contributed by atoms with van der Waals surface area (Å²) in [5.74, 6) is 0.0186. The first-order valence-electron chi connectivity index (χ1n) is 12.9. The second-order valence-electron chi connectivity index (χ2n) is 8.49. The number of hydrogen-bond acceptors (Lipinski definition) is 6. The van der Waals surface area contributed by atoms with Gasteiger partial charge in [0.1, 0.15) is 0 Å². The minimum atomic E-state index is -0.404.